The summed E-state index contributed by atoms with van der Waals surface area (Å²) in [6.45, 7) is 5.77. The Kier molecular flexibility index (Phi) is 15.5. The van der Waals surface area contributed by atoms with Crippen LogP contribution in [0.4, 0.5) is 20.2 Å². The van der Waals surface area contributed by atoms with E-state index in [2.05, 4.69) is 14.4 Å². The highest BCUT2D eigenvalue weighted by atomic mass is 35.5. The summed E-state index contributed by atoms with van der Waals surface area (Å²) in [7, 11) is -7.94. The molecular formula is C43H37Cl2F2N3O9S2. The van der Waals surface area contributed by atoms with Gasteiger partial charge >= 0.3 is 0 Å². The monoisotopic (exact) mass is 911 g/mol. The van der Waals surface area contributed by atoms with Crippen molar-refractivity contribution in [2.45, 2.75) is 44.9 Å². The first-order valence-electron chi connectivity index (χ1n) is 17.4. The molecule has 61 heavy (non-hydrogen) atoms. The number of aryl methyl sites for hydroxylation is 1. The van der Waals surface area contributed by atoms with Gasteiger partial charge in [0.2, 0.25) is 0 Å². The van der Waals surface area contributed by atoms with Gasteiger partial charge in [-0.25, -0.2) is 25.6 Å². The predicted octanol–water partition coefficient (Wildman–Crippen LogP) is 11.1. The second-order valence-corrected chi connectivity index (χ2v) is 17.1. The predicted molar refractivity (Wildman–Crippen MR) is 230 cm³/mol. The number of nitrogens with zero attached hydrogens (tertiary/aromatic N) is 1. The number of ketones is 3. The van der Waals surface area contributed by atoms with Gasteiger partial charge in [0.15, 0.2) is 17.3 Å². The summed E-state index contributed by atoms with van der Waals surface area (Å²) in [5.41, 5.74) is 1.69. The number of carbonyl (C=O) groups excluding carboxylic acids is 3. The number of rotatable bonds is 13. The van der Waals surface area contributed by atoms with Gasteiger partial charge in [0, 0.05) is 47.4 Å². The van der Waals surface area contributed by atoms with Crippen LogP contribution in [0.2, 0.25) is 10.0 Å². The van der Waals surface area contributed by atoms with Crippen molar-refractivity contribution in [3.63, 3.8) is 0 Å². The number of sulfonamides is 2. The maximum Gasteiger partial charge on any atom is 0.263 e. The van der Waals surface area contributed by atoms with Crippen LogP contribution in [-0.2, 0) is 20.0 Å². The summed E-state index contributed by atoms with van der Waals surface area (Å²) in [5.74, 6) is -2.14. The summed E-state index contributed by atoms with van der Waals surface area (Å²) in [4.78, 5) is 39.3. The minimum atomic E-state index is -4.02. The number of halogens is 4. The van der Waals surface area contributed by atoms with Gasteiger partial charge in [-0.1, -0.05) is 48.8 Å². The van der Waals surface area contributed by atoms with E-state index in [1.54, 1.807) is 19.1 Å². The van der Waals surface area contributed by atoms with E-state index in [0.717, 1.165) is 17.7 Å². The zero-order valence-electron chi connectivity index (χ0n) is 31.9. The lowest BCUT2D eigenvalue weighted by atomic mass is 10.1. The molecule has 1 aromatic heterocycles. The molecule has 0 radical (unpaired) electrons. The molecule has 12 nitrogen and oxygen atoms in total. The number of hydrogen-bond acceptors (Lipinski definition) is 10. The topological polar surface area (TPSA) is 175 Å². The Balaban J connectivity index is 0.000000264. The molecule has 0 unspecified atom stereocenters. The van der Waals surface area contributed by atoms with E-state index < -0.39 is 37.5 Å². The third-order valence-electron chi connectivity index (χ3n) is 8.14. The fraction of sp³-hybridized carbons (Fsp3) is 0.116. The fourth-order valence-corrected chi connectivity index (χ4v) is 8.18. The normalized spacial score (nSPS) is 11.0. The molecule has 318 valence electrons. The van der Waals surface area contributed by atoms with Crippen LogP contribution in [0.5, 0.6) is 23.0 Å². The SMILES string of the molecule is C.CC(=O)c1cc(NS(=O)(=O)c2ccc(C)cc2Cl)ccc1Oc1cc(F)cc(F)c1.CC(=O)c1ccc(S(=O)(=O)Nc2ccc(Oc3cncc(Cl)c3)c(C(C)=O)c2)cc1. The highest BCUT2D eigenvalue weighted by Crippen LogP contribution is 2.33. The molecular weight excluding hydrogens is 876 g/mol. The summed E-state index contributed by atoms with van der Waals surface area (Å²) >= 11 is 11.9. The molecule has 0 spiro atoms. The van der Waals surface area contributed by atoms with E-state index in [9.17, 15) is 40.0 Å². The Morgan fingerprint density at radius 3 is 1.62 bits per heavy atom. The maximum atomic E-state index is 13.4. The van der Waals surface area contributed by atoms with E-state index in [4.69, 9.17) is 32.7 Å². The Morgan fingerprint density at radius 2 is 1.13 bits per heavy atom. The number of hydrogen-bond donors (Lipinski definition) is 2. The smallest absolute Gasteiger partial charge is 0.263 e. The van der Waals surface area contributed by atoms with Gasteiger partial charge in [-0.05, 0) is 93.9 Å². The molecule has 6 aromatic rings. The molecule has 0 atom stereocenters. The van der Waals surface area contributed by atoms with Crippen molar-refractivity contribution in [2.24, 2.45) is 0 Å². The quantitative estimate of drug-likeness (QED) is 0.106. The van der Waals surface area contributed by atoms with Crippen LogP contribution in [0.3, 0.4) is 0 Å². The van der Waals surface area contributed by atoms with Crippen molar-refractivity contribution in [2.75, 3.05) is 9.44 Å². The molecule has 0 aliphatic carbocycles. The highest BCUT2D eigenvalue weighted by molar-refractivity contribution is 7.93. The maximum absolute atomic E-state index is 13.4. The van der Waals surface area contributed by atoms with Gasteiger partial charge in [0.1, 0.15) is 39.5 Å². The van der Waals surface area contributed by atoms with Crippen molar-refractivity contribution in [1.82, 2.24) is 4.98 Å². The molecule has 0 fully saturated rings. The lowest BCUT2D eigenvalue weighted by molar-refractivity contribution is 0.100. The molecule has 0 bridgehead atoms. The number of nitrogens with one attached hydrogen (secondary N) is 2. The average Bonchev–Trinajstić information content (AvgIpc) is 3.15. The standard InChI is InChI=1S/C21H16ClF2NO4S.C21H17ClN2O5S.CH4/c1-12-3-6-21(19(22)7-12)30(27,28)25-16-4-5-20(18(11-16)13(2)26)29-17-9-14(23)8-15(24)10-17;1-13(25)15-3-6-19(7-4-15)30(27,28)24-17-5-8-21(20(10-17)14(2)26)29-18-9-16(22)11-23-12-18;/h3-11,25H,1-2H3;3-12,24H,1-2H3;1H4. The first-order chi connectivity index (χ1) is 28.2. The van der Waals surface area contributed by atoms with E-state index in [1.807, 2.05) is 0 Å². The summed E-state index contributed by atoms with van der Waals surface area (Å²) in [6.07, 6.45) is 2.89. The lowest BCUT2D eigenvalue weighted by Gasteiger charge is -2.14. The molecule has 2 N–H and O–H groups in total. The van der Waals surface area contributed by atoms with Gasteiger partial charge in [0.05, 0.1) is 32.3 Å². The van der Waals surface area contributed by atoms with Crippen molar-refractivity contribution in [1.29, 1.82) is 0 Å². The van der Waals surface area contributed by atoms with Gasteiger partial charge in [-0.3, -0.25) is 28.8 Å². The molecule has 18 heteroatoms. The third-order valence-corrected chi connectivity index (χ3v) is 11.6. The Morgan fingerprint density at radius 1 is 0.607 bits per heavy atom. The van der Waals surface area contributed by atoms with Crippen LogP contribution in [0, 0.1) is 18.6 Å². The summed E-state index contributed by atoms with van der Waals surface area (Å²) in [5, 5.41) is 0.430. The minimum absolute atomic E-state index is 0. The van der Waals surface area contributed by atoms with Crippen molar-refractivity contribution in [3.8, 4) is 23.0 Å². The molecule has 0 aliphatic rings. The molecule has 5 aromatic carbocycles. The molecule has 0 saturated carbocycles. The molecule has 1 heterocycles. The number of aromatic nitrogens is 1. The molecule has 6 rings (SSSR count). The van der Waals surface area contributed by atoms with Crippen LogP contribution in [0.15, 0.2) is 125 Å². The van der Waals surface area contributed by atoms with E-state index in [-0.39, 0.29) is 73.6 Å². The largest absolute Gasteiger partial charge is 0.456 e. The van der Waals surface area contributed by atoms with Gasteiger partial charge < -0.3 is 9.47 Å². The number of benzene rings is 5. The van der Waals surface area contributed by atoms with Crippen LogP contribution in [0.1, 0.15) is 64.8 Å². The van der Waals surface area contributed by atoms with Gasteiger partial charge in [0.25, 0.3) is 20.0 Å². The van der Waals surface area contributed by atoms with Crippen LogP contribution in [0.25, 0.3) is 0 Å². The molecule has 0 saturated heterocycles. The number of pyridine rings is 1. The zero-order chi connectivity index (χ0) is 43.9. The molecule has 0 amide bonds. The lowest BCUT2D eigenvalue weighted by Crippen LogP contribution is -2.14. The third kappa shape index (κ3) is 12.7. The number of carbonyl (C=O) groups is 3. The zero-order valence-corrected chi connectivity index (χ0v) is 35.1. The average molecular weight is 913 g/mol. The van der Waals surface area contributed by atoms with Crippen LogP contribution < -0.4 is 18.9 Å². The Bertz CT molecular complexity index is 2840. The number of ether oxygens (including phenoxy) is 2. The number of anilines is 2. The second-order valence-electron chi connectivity index (χ2n) is 12.9. The van der Waals surface area contributed by atoms with E-state index in [1.165, 1.54) is 106 Å². The van der Waals surface area contributed by atoms with Crippen molar-refractivity contribution < 1.29 is 49.5 Å². The van der Waals surface area contributed by atoms with Crippen molar-refractivity contribution in [3.05, 3.63) is 159 Å². The second kappa shape index (κ2) is 19.9. The number of Topliss-reactive ketones (excluding diaryl/α,β-unsaturated/α-hetero) is 3. The Hall–Kier alpha value is -6.20. The minimum Gasteiger partial charge on any atom is -0.456 e. The highest BCUT2D eigenvalue weighted by Gasteiger charge is 2.21. The first kappa shape index (κ1) is 47.5. The van der Waals surface area contributed by atoms with E-state index in [0.29, 0.717) is 22.4 Å². The van der Waals surface area contributed by atoms with Crippen molar-refractivity contribution >= 4 is 72.0 Å². The summed E-state index contributed by atoms with van der Waals surface area (Å²) < 4.78 is 93.3. The Labute approximate surface area is 361 Å². The first-order valence-corrected chi connectivity index (χ1v) is 21.1. The molecule has 0 aliphatic heterocycles. The summed E-state index contributed by atoms with van der Waals surface area (Å²) in [6, 6.07) is 22.5. The van der Waals surface area contributed by atoms with E-state index >= 15 is 0 Å². The van der Waals surface area contributed by atoms with Crippen LogP contribution >= 0.6 is 23.2 Å². The fourth-order valence-electron chi connectivity index (χ4n) is 5.32. The van der Waals surface area contributed by atoms with Crippen LogP contribution in [-0.4, -0.2) is 39.2 Å². The van der Waals surface area contributed by atoms with Gasteiger partial charge in [-0.2, -0.15) is 0 Å². The van der Waals surface area contributed by atoms with Gasteiger partial charge in [-0.15, -0.1) is 0 Å².